The number of esters is 1. The fourth-order valence-corrected chi connectivity index (χ4v) is 8.75. The molecule has 0 unspecified atom stereocenters. The zero-order valence-electron chi connectivity index (χ0n) is 27.3. The molecule has 0 radical (unpaired) electrons. The highest BCUT2D eigenvalue weighted by molar-refractivity contribution is 6.39. The number of fused-ring (bicyclic) bond motifs is 5. The number of imide groups is 1. The van der Waals surface area contributed by atoms with Crippen molar-refractivity contribution in [2.24, 2.45) is 11.8 Å². The average Bonchev–Trinajstić information content (AvgIpc) is 3.64. The Bertz CT molecular complexity index is 2080. The Kier molecular flexibility index (Phi) is 6.90. The van der Waals surface area contributed by atoms with E-state index in [4.69, 9.17) is 4.74 Å². The topological polar surface area (TPSA) is 80.8 Å². The first-order valence-corrected chi connectivity index (χ1v) is 16.4. The van der Waals surface area contributed by atoms with Crippen molar-refractivity contribution >= 4 is 40.4 Å². The van der Waals surface area contributed by atoms with Gasteiger partial charge in [-0.05, 0) is 59.4 Å². The van der Waals surface area contributed by atoms with Crippen LogP contribution in [0, 0.1) is 25.7 Å². The van der Waals surface area contributed by atoms with Crippen LogP contribution in [-0.4, -0.2) is 30.7 Å². The smallest absolute Gasteiger partial charge is 0.339 e. The van der Waals surface area contributed by atoms with Crippen LogP contribution in [0.3, 0.4) is 0 Å². The number of Topliss-reactive ketones (excluding diaryl/α,β-unsaturated/α-hetero) is 1. The van der Waals surface area contributed by atoms with Gasteiger partial charge in [0.1, 0.15) is 0 Å². The van der Waals surface area contributed by atoms with Crippen LogP contribution in [-0.2, 0) is 30.0 Å². The molecule has 3 aliphatic rings. The lowest BCUT2D eigenvalue weighted by molar-refractivity contribution is -0.130. The lowest BCUT2D eigenvalue weighted by Gasteiger charge is -2.39. The first-order chi connectivity index (χ1) is 23.8. The van der Waals surface area contributed by atoms with E-state index in [9.17, 15) is 4.79 Å². The molecule has 8 rings (SSSR count). The fraction of sp³-hybridized carbons (Fsp3) is 0.163. The number of allylic oxidation sites excluding steroid dienone is 2. The van der Waals surface area contributed by atoms with Gasteiger partial charge in [-0.1, -0.05) is 132 Å². The van der Waals surface area contributed by atoms with Gasteiger partial charge in [-0.2, -0.15) is 0 Å². The van der Waals surface area contributed by atoms with Gasteiger partial charge in [0, 0.05) is 0 Å². The lowest BCUT2D eigenvalue weighted by Crippen LogP contribution is -2.46. The molecule has 0 N–H and O–H groups in total. The van der Waals surface area contributed by atoms with E-state index < -0.39 is 40.4 Å². The maximum absolute atomic E-state index is 16.0. The monoisotopic (exact) mass is 643 g/mol. The number of ketones is 1. The molecule has 6 nitrogen and oxygen atoms in total. The Morgan fingerprint density at radius 1 is 0.571 bits per heavy atom. The molecule has 0 aromatic heterocycles. The summed E-state index contributed by atoms with van der Waals surface area (Å²) in [5.41, 5.74) is 3.65. The summed E-state index contributed by atoms with van der Waals surface area (Å²) in [5, 5.41) is 0. The minimum Gasteiger partial charge on any atom is -0.465 e. The van der Waals surface area contributed by atoms with Gasteiger partial charge in [0.05, 0.1) is 41.0 Å². The highest BCUT2D eigenvalue weighted by Gasteiger charge is 2.82. The number of ether oxygens (including phenoxy) is 1. The molecule has 1 saturated heterocycles. The number of hydrogen-bond donors (Lipinski definition) is 0. The van der Waals surface area contributed by atoms with E-state index >= 15 is 14.4 Å². The number of aryl methyl sites for hydroxylation is 2. The second-order valence-corrected chi connectivity index (χ2v) is 13.1. The number of hydrogen-bond acceptors (Lipinski definition) is 5. The zero-order chi connectivity index (χ0) is 34.1. The summed E-state index contributed by atoms with van der Waals surface area (Å²) >= 11 is 0. The Hall–Kier alpha value is -5.88. The molecule has 2 bridgehead atoms. The van der Waals surface area contributed by atoms with Crippen LogP contribution in [0.25, 0.3) is 11.1 Å². The van der Waals surface area contributed by atoms with Crippen LogP contribution in [0.1, 0.15) is 43.7 Å². The third-order valence-electron chi connectivity index (χ3n) is 10.7. The predicted octanol–water partition coefficient (Wildman–Crippen LogP) is 7.28. The van der Waals surface area contributed by atoms with Crippen LogP contribution in [0.4, 0.5) is 5.69 Å². The summed E-state index contributed by atoms with van der Waals surface area (Å²) in [4.78, 5) is 60.7. The van der Waals surface area contributed by atoms with Gasteiger partial charge in [0.15, 0.2) is 5.78 Å². The third kappa shape index (κ3) is 3.94. The van der Waals surface area contributed by atoms with E-state index in [1.54, 1.807) is 24.3 Å². The largest absolute Gasteiger partial charge is 0.465 e. The van der Waals surface area contributed by atoms with Gasteiger partial charge >= 0.3 is 5.97 Å². The molecule has 1 saturated carbocycles. The number of nitrogens with zero attached hydrogens (tertiary/aromatic N) is 1. The minimum absolute atomic E-state index is 0.0957. The van der Waals surface area contributed by atoms with Crippen molar-refractivity contribution < 1.29 is 23.9 Å². The van der Waals surface area contributed by atoms with Crippen LogP contribution in [0.5, 0.6) is 0 Å². The summed E-state index contributed by atoms with van der Waals surface area (Å²) in [6, 6.07) is 41.4. The second kappa shape index (κ2) is 11.1. The SMILES string of the molecule is COC(=O)c1ccccc1N1C(=O)[C@@H]2[C@H](C1=O)[C@@]1(c3ccccc3)C(=O)[C@@]2(c2ccccc2)C(c2ccc(C)cc2)=C1c1ccc(C)cc1. The standard InChI is InChI=1S/C43H33NO5/c1-26-18-22-28(23-19-26)34-35(29-24-20-27(2)21-25-29)43(31-14-8-5-9-15-31)37-36(42(34,41(43)48)30-12-6-4-7-13-30)38(45)44(39(37)46)33-17-11-10-16-32(33)40(47)49-3/h4-25,36-37H,1-3H3/t36-,37+,42-,43-/m0/s1. The number of amides is 2. The molecule has 1 heterocycles. The maximum atomic E-state index is 16.0. The molecule has 2 aliphatic carbocycles. The number of anilines is 1. The predicted molar refractivity (Wildman–Crippen MR) is 188 cm³/mol. The van der Waals surface area contributed by atoms with E-state index in [1.165, 1.54) is 7.11 Å². The molecule has 5 aromatic carbocycles. The molecule has 0 spiro atoms. The van der Waals surface area contributed by atoms with E-state index in [1.807, 2.05) is 123 Å². The van der Waals surface area contributed by atoms with Crippen molar-refractivity contribution in [2.75, 3.05) is 12.0 Å². The van der Waals surface area contributed by atoms with Crippen molar-refractivity contribution in [2.45, 2.75) is 24.7 Å². The maximum Gasteiger partial charge on any atom is 0.339 e. The lowest BCUT2D eigenvalue weighted by atomic mass is 9.59. The zero-order valence-corrected chi connectivity index (χ0v) is 27.3. The molecule has 2 amide bonds. The molecular formula is C43H33NO5. The van der Waals surface area contributed by atoms with Crippen molar-refractivity contribution in [3.63, 3.8) is 0 Å². The first-order valence-electron chi connectivity index (χ1n) is 16.4. The summed E-state index contributed by atoms with van der Waals surface area (Å²) < 4.78 is 5.07. The minimum atomic E-state index is -1.53. The highest BCUT2D eigenvalue weighted by Crippen LogP contribution is 2.74. The number of para-hydroxylation sites is 1. The van der Waals surface area contributed by atoms with Crippen LogP contribution in [0.15, 0.2) is 133 Å². The molecule has 240 valence electrons. The molecule has 1 aliphatic heterocycles. The van der Waals surface area contributed by atoms with E-state index in [0.717, 1.165) is 38.3 Å². The van der Waals surface area contributed by atoms with Gasteiger partial charge in [-0.3, -0.25) is 14.4 Å². The number of methoxy groups -OCH3 is 1. The first kappa shape index (κ1) is 30.5. The Balaban J connectivity index is 1.54. The normalized spacial score (nSPS) is 24.1. The van der Waals surface area contributed by atoms with Crippen molar-refractivity contribution in [3.8, 4) is 0 Å². The van der Waals surface area contributed by atoms with E-state index in [2.05, 4.69) is 0 Å². The summed E-state index contributed by atoms with van der Waals surface area (Å²) in [6.45, 7) is 4.02. The summed E-state index contributed by atoms with van der Waals surface area (Å²) in [6.07, 6.45) is 0. The number of carbonyl (C=O) groups is 4. The van der Waals surface area contributed by atoms with Gasteiger partial charge in [-0.15, -0.1) is 0 Å². The summed E-state index contributed by atoms with van der Waals surface area (Å²) in [7, 11) is 1.26. The number of rotatable bonds is 6. The van der Waals surface area contributed by atoms with Gasteiger partial charge in [-0.25, -0.2) is 9.69 Å². The fourth-order valence-electron chi connectivity index (χ4n) is 8.75. The Morgan fingerprint density at radius 3 is 1.41 bits per heavy atom. The van der Waals surface area contributed by atoms with Crippen LogP contribution >= 0.6 is 0 Å². The van der Waals surface area contributed by atoms with Gasteiger partial charge in [0.25, 0.3) is 0 Å². The molecule has 2 fully saturated rings. The van der Waals surface area contributed by atoms with Crippen molar-refractivity contribution in [1.82, 2.24) is 0 Å². The van der Waals surface area contributed by atoms with Crippen LogP contribution in [0.2, 0.25) is 0 Å². The molecular weight excluding hydrogens is 610 g/mol. The second-order valence-electron chi connectivity index (χ2n) is 13.1. The highest BCUT2D eigenvalue weighted by atomic mass is 16.5. The van der Waals surface area contributed by atoms with Crippen molar-refractivity contribution in [3.05, 3.63) is 172 Å². The van der Waals surface area contributed by atoms with E-state index in [-0.39, 0.29) is 17.0 Å². The molecule has 49 heavy (non-hydrogen) atoms. The molecule has 4 atom stereocenters. The molecule has 5 aromatic rings. The third-order valence-corrected chi connectivity index (χ3v) is 10.7. The Morgan fingerprint density at radius 2 is 0.980 bits per heavy atom. The van der Waals surface area contributed by atoms with Gasteiger partial charge < -0.3 is 4.74 Å². The van der Waals surface area contributed by atoms with Crippen LogP contribution < -0.4 is 4.90 Å². The Labute approximate surface area is 284 Å². The summed E-state index contributed by atoms with van der Waals surface area (Å²) in [5.74, 6) is -4.08. The van der Waals surface area contributed by atoms with Crippen molar-refractivity contribution in [1.29, 1.82) is 0 Å². The number of carbonyl (C=O) groups excluding carboxylic acids is 4. The average molecular weight is 644 g/mol. The number of benzene rings is 5. The van der Waals surface area contributed by atoms with Gasteiger partial charge in [0.2, 0.25) is 11.8 Å². The quantitative estimate of drug-likeness (QED) is 0.144. The van der Waals surface area contributed by atoms with E-state index in [0.29, 0.717) is 11.1 Å². The molecule has 6 heteroatoms.